The first kappa shape index (κ1) is 13.7. The summed E-state index contributed by atoms with van der Waals surface area (Å²) in [6.07, 6.45) is 2.49. The maximum absolute atomic E-state index is 11.9. The van der Waals surface area contributed by atoms with Crippen molar-refractivity contribution in [2.24, 2.45) is 0 Å². The number of anilines is 1. The SMILES string of the molecule is Cc1cc(C)cc(NC(=O)Cn2cnc([N+](=O)[O-])c2)c1. The van der Waals surface area contributed by atoms with E-state index in [1.54, 1.807) is 0 Å². The Balaban J connectivity index is 2.03. The maximum atomic E-state index is 11.9. The standard InChI is InChI=1S/C13H14N4O3/c1-9-3-10(2)5-11(4-9)15-13(18)7-16-6-12(14-8-16)17(19)20/h3-6,8H,7H2,1-2H3,(H,15,18). The number of aromatic nitrogens is 2. The molecule has 0 aliphatic carbocycles. The van der Waals surface area contributed by atoms with Gasteiger partial charge in [0.1, 0.15) is 12.7 Å². The first-order valence-corrected chi connectivity index (χ1v) is 5.98. The van der Waals surface area contributed by atoms with Gasteiger partial charge >= 0.3 is 5.82 Å². The Labute approximate surface area is 115 Å². The lowest BCUT2D eigenvalue weighted by Crippen LogP contribution is -2.18. The van der Waals surface area contributed by atoms with E-state index in [2.05, 4.69) is 10.3 Å². The molecule has 0 aliphatic rings. The third-order valence-corrected chi connectivity index (χ3v) is 2.64. The van der Waals surface area contributed by atoms with Crippen LogP contribution in [-0.2, 0) is 11.3 Å². The highest BCUT2D eigenvalue weighted by molar-refractivity contribution is 5.90. The van der Waals surface area contributed by atoms with E-state index >= 15 is 0 Å². The Hall–Kier alpha value is -2.70. The van der Waals surface area contributed by atoms with Crippen LogP contribution in [0.25, 0.3) is 0 Å². The molecule has 1 aromatic carbocycles. The molecular formula is C13H14N4O3. The van der Waals surface area contributed by atoms with Gasteiger partial charge in [-0.15, -0.1) is 0 Å². The number of hydrogen-bond donors (Lipinski definition) is 1. The van der Waals surface area contributed by atoms with E-state index in [-0.39, 0.29) is 18.3 Å². The molecule has 0 radical (unpaired) electrons. The van der Waals surface area contributed by atoms with Crippen LogP contribution in [-0.4, -0.2) is 20.4 Å². The Morgan fingerprint density at radius 2 is 2.00 bits per heavy atom. The average Bonchev–Trinajstić information content (AvgIpc) is 2.75. The lowest BCUT2D eigenvalue weighted by Gasteiger charge is -2.07. The molecule has 1 amide bonds. The average molecular weight is 274 g/mol. The number of carbonyl (C=O) groups excluding carboxylic acids is 1. The number of nitro groups is 1. The second kappa shape index (κ2) is 5.52. The zero-order chi connectivity index (χ0) is 14.7. The molecule has 2 aromatic rings. The van der Waals surface area contributed by atoms with E-state index in [0.717, 1.165) is 11.1 Å². The first-order valence-electron chi connectivity index (χ1n) is 5.98. The predicted molar refractivity (Wildman–Crippen MR) is 73.4 cm³/mol. The zero-order valence-corrected chi connectivity index (χ0v) is 11.2. The summed E-state index contributed by atoms with van der Waals surface area (Å²) in [7, 11) is 0. The first-order chi connectivity index (χ1) is 9.44. The van der Waals surface area contributed by atoms with Gasteiger partial charge < -0.3 is 20.0 Å². The highest BCUT2D eigenvalue weighted by Crippen LogP contribution is 2.14. The molecule has 7 heteroatoms. The van der Waals surface area contributed by atoms with Crippen molar-refractivity contribution in [3.63, 3.8) is 0 Å². The number of imidazole rings is 1. The summed E-state index contributed by atoms with van der Waals surface area (Å²) in [5, 5.41) is 13.2. The molecule has 1 N–H and O–H groups in total. The van der Waals surface area contributed by atoms with Gasteiger partial charge in [-0.2, -0.15) is 0 Å². The normalized spacial score (nSPS) is 10.3. The molecule has 1 heterocycles. The molecule has 0 spiro atoms. The largest absolute Gasteiger partial charge is 0.381 e. The van der Waals surface area contributed by atoms with Crippen LogP contribution in [0, 0.1) is 24.0 Å². The van der Waals surface area contributed by atoms with Gasteiger partial charge in [-0.1, -0.05) is 6.07 Å². The van der Waals surface area contributed by atoms with E-state index < -0.39 is 4.92 Å². The number of amides is 1. The second-order valence-corrected chi connectivity index (χ2v) is 4.59. The van der Waals surface area contributed by atoms with Crippen LogP contribution in [0.15, 0.2) is 30.7 Å². The van der Waals surface area contributed by atoms with Crippen LogP contribution < -0.4 is 5.32 Å². The fraction of sp³-hybridized carbons (Fsp3) is 0.231. The molecule has 0 fully saturated rings. The van der Waals surface area contributed by atoms with Gasteiger partial charge in [0.25, 0.3) is 0 Å². The van der Waals surface area contributed by atoms with Crippen molar-refractivity contribution in [3.8, 4) is 0 Å². The third kappa shape index (κ3) is 3.41. The number of hydrogen-bond acceptors (Lipinski definition) is 4. The minimum Gasteiger partial charge on any atom is -0.358 e. The third-order valence-electron chi connectivity index (χ3n) is 2.64. The van der Waals surface area contributed by atoms with Gasteiger partial charge in [-0.3, -0.25) is 4.79 Å². The van der Waals surface area contributed by atoms with E-state index in [1.807, 2.05) is 32.0 Å². The summed E-state index contributed by atoms with van der Waals surface area (Å²) in [5.41, 5.74) is 2.82. The molecule has 0 atom stereocenters. The topological polar surface area (TPSA) is 90.1 Å². The predicted octanol–water partition coefficient (Wildman–Crippen LogP) is 2.05. The molecule has 0 saturated carbocycles. The highest BCUT2D eigenvalue weighted by Gasteiger charge is 2.12. The quantitative estimate of drug-likeness (QED) is 0.682. The Morgan fingerprint density at radius 1 is 1.35 bits per heavy atom. The smallest absolute Gasteiger partial charge is 0.358 e. The number of nitrogens with one attached hydrogen (secondary N) is 1. The Bertz CT molecular complexity index is 643. The fourth-order valence-corrected chi connectivity index (χ4v) is 1.94. The van der Waals surface area contributed by atoms with Gasteiger partial charge in [0.05, 0.1) is 0 Å². The summed E-state index contributed by atoms with van der Waals surface area (Å²) in [6.45, 7) is 3.87. The van der Waals surface area contributed by atoms with Crippen molar-refractivity contribution in [2.45, 2.75) is 20.4 Å². The van der Waals surface area contributed by atoms with Crippen molar-refractivity contribution in [3.05, 3.63) is 52.0 Å². The van der Waals surface area contributed by atoms with E-state index in [0.29, 0.717) is 5.69 Å². The van der Waals surface area contributed by atoms with E-state index in [4.69, 9.17) is 0 Å². The van der Waals surface area contributed by atoms with Crippen LogP contribution in [0.1, 0.15) is 11.1 Å². The minimum absolute atomic E-state index is 0.0200. The molecule has 0 aliphatic heterocycles. The van der Waals surface area contributed by atoms with Crippen molar-refractivity contribution in [1.82, 2.24) is 9.55 Å². The second-order valence-electron chi connectivity index (χ2n) is 4.59. The molecule has 0 bridgehead atoms. The molecular weight excluding hydrogens is 260 g/mol. The van der Waals surface area contributed by atoms with Crippen molar-refractivity contribution >= 4 is 17.4 Å². The van der Waals surface area contributed by atoms with Gasteiger partial charge in [-0.25, -0.2) is 0 Å². The summed E-state index contributed by atoms with van der Waals surface area (Å²) in [5.74, 6) is -0.536. The lowest BCUT2D eigenvalue weighted by atomic mass is 10.1. The van der Waals surface area contributed by atoms with Crippen LogP contribution in [0.4, 0.5) is 11.5 Å². The highest BCUT2D eigenvalue weighted by atomic mass is 16.6. The summed E-state index contributed by atoms with van der Waals surface area (Å²) in [4.78, 5) is 25.3. The number of aryl methyl sites for hydroxylation is 2. The molecule has 2 rings (SSSR count). The molecule has 7 nitrogen and oxygen atoms in total. The van der Waals surface area contributed by atoms with Gasteiger partial charge in [-0.05, 0) is 47.0 Å². The van der Waals surface area contributed by atoms with Crippen LogP contribution in [0.2, 0.25) is 0 Å². The summed E-state index contributed by atoms with van der Waals surface area (Å²) >= 11 is 0. The van der Waals surface area contributed by atoms with E-state index in [1.165, 1.54) is 17.1 Å². The summed E-state index contributed by atoms with van der Waals surface area (Å²) < 4.78 is 1.37. The Morgan fingerprint density at radius 3 is 2.55 bits per heavy atom. The van der Waals surface area contributed by atoms with Gasteiger partial charge in [0, 0.05) is 5.69 Å². The lowest BCUT2D eigenvalue weighted by molar-refractivity contribution is -0.389. The zero-order valence-electron chi connectivity index (χ0n) is 11.2. The van der Waals surface area contributed by atoms with Crippen LogP contribution in [0.5, 0.6) is 0 Å². The molecule has 20 heavy (non-hydrogen) atoms. The monoisotopic (exact) mass is 274 g/mol. The van der Waals surface area contributed by atoms with Gasteiger partial charge in [0.2, 0.25) is 12.2 Å². The van der Waals surface area contributed by atoms with Gasteiger partial charge in [0.15, 0.2) is 0 Å². The summed E-state index contributed by atoms with van der Waals surface area (Å²) in [6, 6.07) is 5.73. The number of carbonyl (C=O) groups is 1. The Kier molecular flexibility index (Phi) is 3.79. The number of rotatable bonds is 4. The minimum atomic E-state index is -0.599. The van der Waals surface area contributed by atoms with Crippen molar-refractivity contribution < 1.29 is 9.72 Å². The number of benzene rings is 1. The fourth-order valence-electron chi connectivity index (χ4n) is 1.94. The van der Waals surface area contributed by atoms with Crippen LogP contribution in [0.3, 0.4) is 0 Å². The van der Waals surface area contributed by atoms with Crippen molar-refractivity contribution in [1.29, 1.82) is 0 Å². The molecule has 1 aromatic heterocycles. The van der Waals surface area contributed by atoms with Crippen molar-refractivity contribution in [2.75, 3.05) is 5.32 Å². The maximum Gasteiger partial charge on any atom is 0.381 e. The number of nitrogens with zero attached hydrogens (tertiary/aromatic N) is 3. The van der Waals surface area contributed by atoms with Crippen LogP contribution >= 0.6 is 0 Å². The molecule has 0 unspecified atom stereocenters. The molecule has 0 saturated heterocycles. The van der Waals surface area contributed by atoms with E-state index in [9.17, 15) is 14.9 Å². The molecule has 104 valence electrons.